The van der Waals surface area contributed by atoms with Crippen LogP contribution in [0, 0.1) is 0 Å². The molecule has 0 aliphatic carbocycles. The van der Waals surface area contributed by atoms with Crippen molar-refractivity contribution < 1.29 is 17.9 Å². The van der Waals surface area contributed by atoms with Gasteiger partial charge in [0.1, 0.15) is 0 Å². The van der Waals surface area contributed by atoms with Gasteiger partial charge in [0.05, 0.1) is 25.0 Å². The van der Waals surface area contributed by atoms with Crippen molar-refractivity contribution in [2.24, 2.45) is 0 Å². The summed E-state index contributed by atoms with van der Waals surface area (Å²) in [4.78, 5) is 10.8. The molecule has 1 aliphatic rings. The average Bonchev–Trinajstić information content (AvgIpc) is 2.02. The summed E-state index contributed by atoms with van der Waals surface area (Å²) in [5.41, 5.74) is 0. The molecule has 0 aromatic heterocycles. The number of hydrogen-bond donors (Lipinski definition) is 1. The molecular formula is C7H13NO4S. The van der Waals surface area contributed by atoms with Crippen molar-refractivity contribution in [2.75, 3.05) is 25.2 Å². The van der Waals surface area contributed by atoms with E-state index in [0.29, 0.717) is 6.54 Å². The molecule has 0 bridgehead atoms. The molecule has 76 valence electrons. The Morgan fingerprint density at radius 3 is 2.85 bits per heavy atom. The third-order valence-electron chi connectivity index (χ3n) is 1.94. The summed E-state index contributed by atoms with van der Waals surface area (Å²) in [6.07, 6.45) is 0.121. The smallest absolute Gasteiger partial charge is 0.307 e. The van der Waals surface area contributed by atoms with Gasteiger partial charge in [-0.15, -0.1) is 0 Å². The number of carbonyl (C=O) groups excluding carboxylic acids is 1. The van der Waals surface area contributed by atoms with E-state index in [9.17, 15) is 13.2 Å². The van der Waals surface area contributed by atoms with Gasteiger partial charge in [0.15, 0.2) is 9.84 Å². The summed E-state index contributed by atoms with van der Waals surface area (Å²) < 4.78 is 26.7. The number of esters is 1. The van der Waals surface area contributed by atoms with E-state index in [-0.39, 0.29) is 29.9 Å². The summed E-state index contributed by atoms with van der Waals surface area (Å²) >= 11 is 0. The Balaban J connectivity index is 2.48. The summed E-state index contributed by atoms with van der Waals surface area (Å²) in [5.74, 6) is -0.193. The van der Waals surface area contributed by atoms with Crippen LogP contribution in [0.15, 0.2) is 0 Å². The molecule has 0 aromatic rings. The van der Waals surface area contributed by atoms with Crippen LogP contribution < -0.4 is 5.32 Å². The van der Waals surface area contributed by atoms with Crippen LogP contribution in [-0.4, -0.2) is 45.6 Å². The van der Waals surface area contributed by atoms with Crippen LogP contribution in [0.2, 0.25) is 0 Å². The highest BCUT2D eigenvalue weighted by Crippen LogP contribution is 2.05. The molecule has 1 rings (SSSR count). The van der Waals surface area contributed by atoms with Gasteiger partial charge in [0, 0.05) is 12.6 Å². The normalized spacial score (nSPS) is 26.7. The van der Waals surface area contributed by atoms with Gasteiger partial charge < -0.3 is 10.1 Å². The summed E-state index contributed by atoms with van der Waals surface area (Å²) in [6, 6.07) is -0.286. The predicted octanol–water partition coefficient (Wildman–Crippen LogP) is -1.06. The van der Waals surface area contributed by atoms with Crippen LogP contribution in [0.1, 0.15) is 6.42 Å². The molecule has 0 spiro atoms. The van der Waals surface area contributed by atoms with E-state index in [4.69, 9.17) is 0 Å². The molecule has 0 saturated carbocycles. The molecule has 1 heterocycles. The van der Waals surface area contributed by atoms with Crippen molar-refractivity contribution in [3.05, 3.63) is 0 Å². The third kappa shape index (κ3) is 3.31. The Kier molecular flexibility index (Phi) is 3.27. The fourth-order valence-corrected chi connectivity index (χ4v) is 2.73. The van der Waals surface area contributed by atoms with Crippen LogP contribution >= 0.6 is 0 Å². The first-order valence-electron chi connectivity index (χ1n) is 4.04. The number of nitrogens with one attached hydrogen (secondary N) is 1. The Labute approximate surface area is 77.4 Å². The number of methoxy groups -OCH3 is 1. The minimum Gasteiger partial charge on any atom is -0.469 e. The quantitative estimate of drug-likeness (QED) is 0.584. The highest BCUT2D eigenvalue weighted by molar-refractivity contribution is 7.91. The predicted molar refractivity (Wildman–Crippen MR) is 47.1 cm³/mol. The van der Waals surface area contributed by atoms with Crippen LogP contribution in [0.3, 0.4) is 0 Å². The molecule has 1 fully saturated rings. The monoisotopic (exact) mass is 207 g/mol. The Hall–Kier alpha value is -0.620. The first kappa shape index (κ1) is 10.5. The lowest BCUT2D eigenvalue weighted by Gasteiger charge is -2.22. The van der Waals surface area contributed by atoms with Crippen molar-refractivity contribution in [2.45, 2.75) is 12.5 Å². The van der Waals surface area contributed by atoms with E-state index in [1.54, 1.807) is 0 Å². The molecule has 1 atom stereocenters. The molecule has 0 aromatic carbocycles. The third-order valence-corrected chi connectivity index (χ3v) is 3.68. The Morgan fingerprint density at radius 1 is 1.62 bits per heavy atom. The average molecular weight is 207 g/mol. The number of sulfone groups is 1. The zero-order valence-corrected chi connectivity index (χ0v) is 8.26. The second-order valence-corrected chi connectivity index (χ2v) is 5.27. The highest BCUT2D eigenvalue weighted by atomic mass is 32.2. The first-order chi connectivity index (χ1) is 6.03. The maximum absolute atomic E-state index is 11.1. The van der Waals surface area contributed by atoms with E-state index in [1.165, 1.54) is 7.11 Å². The SMILES string of the molecule is COC(=O)C[C@@H]1CS(=O)(=O)CCN1. The maximum atomic E-state index is 11.1. The highest BCUT2D eigenvalue weighted by Gasteiger charge is 2.25. The molecule has 0 unspecified atom stereocenters. The first-order valence-corrected chi connectivity index (χ1v) is 5.86. The van der Waals surface area contributed by atoms with Crippen LogP contribution in [0.5, 0.6) is 0 Å². The zero-order chi connectivity index (χ0) is 9.90. The standard InChI is InChI=1S/C7H13NO4S/c1-12-7(9)4-6-5-13(10,11)3-2-8-6/h6,8H,2-5H2,1H3/t6-/m1/s1. The van der Waals surface area contributed by atoms with Crippen LogP contribution in [-0.2, 0) is 19.4 Å². The van der Waals surface area contributed by atoms with E-state index in [2.05, 4.69) is 10.1 Å². The summed E-state index contributed by atoms with van der Waals surface area (Å²) in [5, 5.41) is 2.96. The van der Waals surface area contributed by atoms with E-state index < -0.39 is 9.84 Å². The molecule has 0 amide bonds. The second kappa shape index (κ2) is 4.06. The van der Waals surface area contributed by atoms with Crippen LogP contribution in [0.4, 0.5) is 0 Å². The van der Waals surface area contributed by atoms with Gasteiger partial charge in [0.25, 0.3) is 0 Å². The van der Waals surface area contributed by atoms with Gasteiger partial charge in [-0.25, -0.2) is 8.42 Å². The van der Waals surface area contributed by atoms with E-state index >= 15 is 0 Å². The van der Waals surface area contributed by atoms with Gasteiger partial charge in [-0.05, 0) is 0 Å². The van der Waals surface area contributed by atoms with Crippen molar-refractivity contribution in [1.82, 2.24) is 5.32 Å². The van der Waals surface area contributed by atoms with Gasteiger partial charge in [0.2, 0.25) is 0 Å². The molecule has 13 heavy (non-hydrogen) atoms. The second-order valence-electron chi connectivity index (χ2n) is 3.05. The zero-order valence-electron chi connectivity index (χ0n) is 7.45. The van der Waals surface area contributed by atoms with Crippen LogP contribution in [0.25, 0.3) is 0 Å². The number of rotatable bonds is 2. The lowest BCUT2D eigenvalue weighted by atomic mass is 10.2. The number of ether oxygens (including phenoxy) is 1. The fraction of sp³-hybridized carbons (Fsp3) is 0.857. The molecule has 1 N–H and O–H groups in total. The van der Waals surface area contributed by atoms with E-state index in [1.807, 2.05) is 0 Å². The number of hydrogen-bond acceptors (Lipinski definition) is 5. The minimum absolute atomic E-state index is 0.0299. The summed E-state index contributed by atoms with van der Waals surface area (Å²) in [6.45, 7) is 0.421. The van der Waals surface area contributed by atoms with Gasteiger partial charge >= 0.3 is 5.97 Å². The maximum Gasteiger partial charge on any atom is 0.307 e. The molecule has 1 aliphatic heterocycles. The van der Waals surface area contributed by atoms with Gasteiger partial charge in [-0.2, -0.15) is 0 Å². The Morgan fingerprint density at radius 2 is 2.31 bits per heavy atom. The minimum atomic E-state index is -2.96. The van der Waals surface area contributed by atoms with Crippen molar-refractivity contribution >= 4 is 15.8 Å². The lowest BCUT2D eigenvalue weighted by Crippen LogP contribution is -2.46. The van der Waals surface area contributed by atoms with Crippen molar-refractivity contribution in [3.63, 3.8) is 0 Å². The Bertz CT molecular complexity index is 285. The topological polar surface area (TPSA) is 72.5 Å². The molecule has 1 saturated heterocycles. The van der Waals surface area contributed by atoms with Crippen molar-refractivity contribution in [1.29, 1.82) is 0 Å². The molecule has 6 heteroatoms. The fourth-order valence-electron chi connectivity index (χ4n) is 1.28. The van der Waals surface area contributed by atoms with E-state index in [0.717, 1.165) is 0 Å². The van der Waals surface area contributed by atoms with Gasteiger partial charge in [-0.1, -0.05) is 0 Å². The molecule has 5 nitrogen and oxygen atoms in total. The molecule has 0 radical (unpaired) electrons. The lowest BCUT2D eigenvalue weighted by molar-refractivity contribution is -0.141. The van der Waals surface area contributed by atoms with Crippen molar-refractivity contribution in [3.8, 4) is 0 Å². The molecular weight excluding hydrogens is 194 g/mol. The van der Waals surface area contributed by atoms with Gasteiger partial charge in [-0.3, -0.25) is 4.79 Å². The largest absolute Gasteiger partial charge is 0.469 e. The number of carbonyl (C=O) groups is 1. The summed E-state index contributed by atoms with van der Waals surface area (Å²) in [7, 11) is -1.66.